The fourth-order valence-electron chi connectivity index (χ4n) is 2.13. The fourth-order valence-corrected chi connectivity index (χ4v) is 3.39. The Morgan fingerprint density at radius 2 is 2.05 bits per heavy atom. The smallest absolute Gasteiger partial charge is 0.304 e. The molecule has 0 radical (unpaired) electrons. The highest BCUT2D eigenvalue weighted by atomic mass is 32.2. The van der Waals surface area contributed by atoms with Crippen molar-refractivity contribution in [3.63, 3.8) is 0 Å². The van der Waals surface area contributed by atoms with E-state index in [1.807, 2.05) is 6.07 Å². The second kappa shape index (κ2) is 6.09. The van der Waals surface area contributed by atoms with Gasteiger partial charge in [-0.25, -0.2) is 4.90 Å². The zero-order valence-electron chi connectivity index (χ0n) is 11.0. The number of imide groups is 1. The number of carbonyl (C=O) groups excluding carboxylic acids is 2. The number of benzene rings is 1. The third-order valence-electron chi connectivity index (χ3n) is 2.98. The van der Waals surface area contributed by atoms with E-state index in [9.17, 15) is 14.4 Å². The topological polar surface area (TPSA) is 74.7 Å². The van der Waals surface area contributed by atoms with Gasteiger partial charge < -0.3 is 5.11 Å². The van der Waals surface area contributed by atoms with Crippen LogP contribution in [0, 0.1) is 0 Å². The van der Waals surface area contributed by atoms with E-state index in [0.29, 0.717) is 5.69 Å². The number of thioether (sulfide) groups is 1. The number of carboxylic acid groups (broad SMARTS) is 1. The predicted molar refractivity (Wildman–Crippen MR) is 76.6 cm³/mol. The molecule has 2 unspecified atom stereocenters. The van der Waals surface area contributed by atoms with Gasteiger partial charge in [0.2, 0.25) is 11.8 Å². The molecule has 0 saturated carbocycles. The summed E-state index contributed by atoms with van der Waals surface area (Å²) in [5.41, 5.74) is 0.566. The van der Waals surface area contributed by atoms with Gasteiger partial charge in [0.25, 0.3) is 0 Å². The average molecular weight is 293 g/mol. The van der Waals surface area contributed by atoms with Crippen LogP contribution < -0.4 is 4.90 Å². The fraction of sp³-hybridized carbons (Fsp3) is 0.357. The van der Waals surface area contributed by atoms with Crippen molar-refractivity contribution in [2.75, 3.05) is 4.90 Å². The van der Waals surface area contributed by atoms with E-state index in [2.05, 4.69) is 0 Å². The number of carbonyl (C=O) groups is 3. The highest BCUT2D eigenvalue weighted by Crippen LogP contribution is 2.32. The molecule has 0 aliphatic carbocycles. The standard InChI is InChI=1S/C14H15NO4S/c1-9(7-13(17)18)20-11-8-12(16)15(14(11)19)10-5-3-2-4-6-10/h2-6,9,11H,7-8H2,1H3,(H,17,18). The number of carboxylic acids is 1. The molecule has 5 nitrogen and oxygen atoms in total. The van der Waals surface area contributed by atoms with Crippen molar-refractivity contribution in [2.45, 2.75) is 30.3 Å². The predicted octanol–water partition coefficient (Wildman–Crippen LogP) is 1.91. The zero-order chi connectivity index (χ0) is 14.7. The number of para-hydroxylation sites is 1. The molecule has 1 aliphatic heterocycles. The van der Waals surface area contributed by atoms with Crippen LogP contribution >= 0.6 is 11.8 Å². The molecule has 0 spiro atoms. The summed E-state index contributed by atoms with van der Waals surface area (Å²) < 4.78 is 0. The summed E-state index contributed by atoms with van der Waals surface area (Å²) in [6.07, 6.45) is 0.107. The van der Waals surface area contributed by atoms with E-state index >= 15 is 0 Å². The second-order valence-corrected chi connectivity index (χ2v) is 6.29. The van der Waals surface area contributed by atoms with Gasteiger partial charge in [-0.15, -0.1) is 11.8 Å². The van der Waals surface area contributed by atoms with Crippen LogP contribution in [-0.2, 0) is 14.4 Å². The third-order valence-corrected chi connectivity index (χ3v) is 4.31. The van der Waals surface area contributed by atoms with Crippen molar-refractivity contribution in [1.82, 2.24) is 0 Å². The Labute approximate surface area is 121 Å². The van der Waals surface area contributed by atoms with Gasteiger partial charge in [0.05, 0.1) is 17.4 Å². The molecule has 106 valence electrons. The Morgan fingerprint density at radius 3 is 2.65 bits per heavy atom. The first kappa shape index (κ1) is 14.6. The molecule has 0 aromatic heterocycles. The molecule has 2 rings (SSSR count). The number of anilines is 1. The van der Waals surface area contributed by atoms with Crippen LogP contribution in [0.4, 0.5) is 5.69 Å². The lowest BCUT2D eigenvalue weighted by molar-refractivity contribution is -0.137. The monoisotopic (exact) mass is 293 g/mol. The normalized spacial score (nSPS) is 20.2. The molecular weight excluding hydrogens is 278 g/mol. The minimum Gasteiger partial charge on any atom is -0.481 e. The Bertz CT molecular complexity index is 531. The summed E-state index contributed by atoms with van der Waals surface area (Å²) >= 11 is 1.25. The maximum absolute atomic E-state index is 12.3. The van der Waals surface area contributed by atoms with Crippen LogP contribution in [0.2, 0.25) is 0 Å². The lowest BCUT2D eigenvalue weighted by Gasteiger charge is -2.16. The summed E-state index contributed by atoms with van der Waals surface area (Å²) in [6, 6.07) is 8.77. The van der Waals surface area contributed by atoms with Gasteiger partial charge in [-0.1, -0.05) is 25.1 Å². The molecule has 1 aromatic rings. The lowest BCUT2D eigenvalue weighted by Crippen LogP contribution is -2.31. The molecule has 1 aromatic carbocycles. The van der Waals surface area contributed by atoms with Crippen LogP contribution in [0.1, 0.15) is 19.8 Å². The van der Waals surface area contributed by atoms with E-state index in [-0.39, 0.29) is 29.9 Å². The van der Waals surface area contributed by atoms with Crippen molar-refractivity contribution < 1.29 is 19.5 Å². The highest BCUT2D eigenvalue weighted by molar-refractivity contribution is 8.01. The van der Waals surface area contributed by atoms with Gasteiger partial charge in [-0.05, 0) is 12.1 Å². The van der Waals surface area contributed by atoms with Crippen molar-refractivity contribution in [2.24, 2.45) is 0 Å². The van der Waals surface area contributed by atoms with Crippen molar-refractivity contribution in [3.05, 3.63) is 30.3 Å². The van der Waals surface area contributed by atoms with Gasteiger partial charge in [0.1, 0.15) is 0 Å². The average Bonchev–Trinajstić information content (AvgIpc) is 2.64. The highest BCUT2D eigenvalue weighted by Gasteiger charge is 2.40. The second-order valence-electron chi connectivity index (χ2n) is 4.64. The van der Waals surface area contributed by atoms with Crippen LogP contribution in [0.15, 0.2) is 30.3 Å². The van der Waals surface area contributed by atoms with E-state index in [1.165, 1.54) is 16.7 Å². The largest absolute Gasteiger partial charge is 0.481 e. The summed E-state index contributed by atoms with van der Waals surface area (Å²) in [5.74, 6) is -1.40. The number of hydrogen-bond donors (Lipinski definition) is 1. The van der Waals surface area contributed by atoms with E-state index in [4.69, 9.17) is 5.11 Å². The van der Waals surface area contributed by atoms with Gasteiger partial charge in [-0.2, -0.15) is 0 Å². The molecule has 1 heterocycles. The molecule has 1 N–H and O–H groups in total. The zero-order valence-corrected chi connectivity index (χ0v) is 11.8. The van der Waals surface area contributed by atoms with Crippen LogP contribution in [0.3, 0.4) is 0 Å². The van der Waals surface area contributed by atoms with Crippen LogP contribution in [0.25, 0.3) is 0 Å². The lowest BCUT2D eigenvalue weighted by atomic mass is 10.3. The molecule has 6 heteroatoms. The molecule has 2 atom stereocenters. The van der Waals surface area contributed by atoms with Crippen molar-refractivity contribution in [3.8, 4) is 0 Å². The maximum atomic E-state index is 12.3. The summed E-state index contributed by atoms with van der Waals surface area (Å²) in [5, 5.41) is 8.04. The SMILES string of the molecule is CC(CC(=O)O)SC1CC(=O)N(c2ccccc2)C1=O. The van der Waals surface area contributed by atoms with Gasteiger partial charge in [0.15, 0.2) is 0 Å². The Kier molecular flexibility index (Phi) is 4.44. The molecule has 1 aliphatic rings. The minimum absolute atomic E-state index is 0.0199. The van der Waals surface area contributed by atoms with E-state index < -0.39 is 11.2 Å². The Balaban J connectivity index is 2.07. The Hall–Kier alpha value is -1.82. The quantitative estimate of drug-likeness (QED) is 0.839. The molecule has 1 saturated heterocycles. The first-order chi connectivity index (χ1) is 9.49. The maximum Gasteiger partial charge on any atom is 0.304 e. The van der Waals surface area contributed by atoms with E-state index in [1.54, 1.807) is 31.2 Å². The minimum atomic E-state index is -0.901. The first-order valence-corrected chi connectivity index (χ1v) is 7.22. The summed E-state index contributed by atoms with van der Waals surface area (Å²) in [6.45, 7) is 1.75. The molecule has 1 fully saturated rings. The summed E-state index contributed by atoms with van der Waals surface area (Å²) in [4.78, 5) is 36.1. The van der Waals surface area contributed by atoms with Crippen molar-refractivity contribution >= 4 is 35.2 Å². The molecule has 0 bridgehead atoms. The number of aliphatic carboxylic acids is 1. The van der Waals surface area contributed by atoms with Crippen LogP contribution in [0.5, 0.6) is 0 Å². The molecule has 20 heavy (non-hydrogen) atoms. The number of rotatable bonds is 5. The first-order valence-electron chi connectivity index (χ1n) is 6.28. The summed E-state index contributed by atoms with van der Waals surface area (Å²) in [7, 11) is 0. The van der Waals surface area contributed by atoms with Crippen molar-refractivity contribution in [1.29, 1.82) is 0 Å². The molecule has 2 amide bonds. The number of hydrogen-bond acceptors (Lipinski definition) is 4. The van der Waals surface area contributed by atoms with E-state index in [0.717, 1.165) is 0 Å². The third kappa shape index (κ3) is 3.19. The van der Waals surface area contributed by atoms with Gasteiger partial charge in [0, 0.05) is 11.7 Å². The van der Waals surface area contributed by atoms with Crippen LogP contribution in [-0.4, -0.2) is 33.4 Å². The number of nitrogens with zero attached hydrogens (tertiary/aromatic N) is 1. The van der Waals surface area contributed by atoms with Gasteiger partial charge in [-0.3, -0.25) is 14.4 Å². The number of amides is 2. The molecular formula is C14H15NO4S. The van der Waals surface area contributed by atoms with Gasteiger partial charge >= 0.3 is 5.97 Å². The Morgan fingerprint density at radius 1 is 1.40 bits per heavy atom.